The van der Waals surface area contributed by atoms with Crippen molar-refractivity contribution in [3.8, 4) is 11.4 Å². The molecule has 0 spiro atoms. The minimum atomic E-state index is -0.292. The third-order valence-corrected chi connectivity index (χ3v) is 5.64. The molecule has 0 aliphatic heterocycles. The standard InChI is InChI=1S/C23H26N4O3S/c1-4-30-19-10-8-18(9-11-19)26-21(28)14-25-22(29)15-31-23-24-12-13-27(23)20-7-5-6-16(2)17(20)3/h5-13H,4,14-15H2,1-3H3,(H,25,29)(H,26,28). The molecule has 2 amide bonds. The highest BCUT2D eigenvalue weighted by atomic mass is 32.2. The molecule has 0 atom stereocenters. The van der Waals surface area contributed by atoms with E-state index >= 15 is 0 Å². The quantitative estimate of drug-likeness (QED) is 0.497. The summed E-state index contributed by atoms with van der Waals surface area (Å²) in [7, 11) is 0. The molecule has 31 heavy (non-hydrogen) atoms. The number of thioether (sulfide) groups is 1. The molecule has 0 unspecified atom stereocenters. The Morgan fingerprint density at radius 1 is 1.10 bits per heavy atom. The number of imidazole rings is 1. The van der Waals surface area contributed by atoms with Crippen molar-refractivity contribution in [2.24, 2.45) is 0 Å². The van der Waals surface area contributed by atoms with E-state index in [1.54, 1.807) is 30.5 Å². The zero-order chi connectivity index (χ0) is 22.2. The average Bonchev–Trinajstić information content (AvgIpc) is 3.23. The number of rotatable bonds is 9. The summed E-state index contributed by atoms with van der Waals surface area (Å²) in [5.41, 5.74) is 4.04. The second-order valence-electron chi connectivity index (χ2n) is 6.87. The Kier molecular flexibility index (Phi) is 7.72. The monoisotopic (exact) mass is 438 g/mol. The number of hydrogen-bond donors (Lipinski definition) is 2. The lowest BCUT2D eigenvalue weighted by atomic mass is 10.1. The van der Waals surface area contributed by atoms with E-state index in [4.69, 9.17) is 4.74 Å². The van der Waals surface area contributed by atoms with Gasteiger partial charge >= 0.3 is 0 Å². The molecule has 1 aromatic heterocycles. The largest absolute Gasteiger partial charge is 0.494 e. The summed E-state index contributed by atoms with van der Waals surface area (Å²) >= 11 is 1.33. The van der Waals surface area contributed by atoms with Gasteiger partial charge in [-0.2, -0.15) is 0 Å². The van der Waals surface area contributed by atoms with Gasteiger partial charge in [0.15, 0.2) is 5.16 Å². The van der Waals surface area contributed by atoms with E-state index in [-0.39, 0.29) is 24.1 Å². The third kappa shape index (κ3) is 6.11. The number of hydrogen-bond acceptors (Lipinski definition) is 5. The fourth-order valence-corrected chi connectivity index (χ4v) is 3.74. The number of amides is 2. The minimum Gasteiger partial charge on any atom is -0.494 e. The van der Waals surface area contributed by atoms with Gasteiger partial charge in [0.25, 0.3) is 0 Å². The molecule has 0 saturated heterocycles. The van der Waals surface area contributed by atoms with E-state index in [0.29, 0.717) is 12.3 Å². The molecule has 3 aromatic rings. The molecule has 1 heterocycles. The van der Waals surface area contributed by atoms with Crippen LogP contribution in [0, 0.1) is 13.8 Å². The lowest BCUT2D eigenvalue weighted by molar-refractivity contribution is -0.122. The highest BCUT2D eigenvalue weighted by molar-refractivity contribution is 7.99. The number of carbonyl (C=O) groups excluding carboxylic acids is 2. The van der Waals surface area contributed by atoms with Crippen molar-refractivity contribution in [3.63, 3.8) is 0 Å². The summed E-state index contributed by atoms with van der Waals surface area (Å²) in [4.78, 5) is 28.7. The lowest BCUT2D eigenvalue weighted by Crippen LogP contribution is -2.33. The Hall–Kier alpha value is -3.26. The lowest BCUT2D eigenvalue weighted by Gasteiger charge is -2.12. The molecule has 0 aliphatic carbocycles. The molecule has 0 radical (unpaired) electrons. The number of aromatic nitrogens is 2. The van der Waals surface area contributed by atoms with Gasteiger partial charge in [-0.05, 0) is 62.2 Å². The van der Waals surface area contributed by atoms with Gasteiger partial charge in [-0.3, -0.25) is 14.2 Å². The average molecular weight is 439 g/mol. The van der Waals surface area contributed by atoms with Crippen molar-refractivity contribution < 1.29 is 14.3 Å². The van der Waals surface area contributed by atoms with Gasteiger partial charge in [0.2, 0.25) is 11.8 Å². The predicted octanol–water partition coefficient (Wildman–Crippen LogP) is 3.73. The Labute approximate surface area is 186 Å². The molecule has 162 valence electrons. The van der Waals surface area contributed by atoms with Crippen molar-refractivity contribution in [2.75, 3.05) is 24.2 Å². The predicted molar refractivity (Wildman–Crippen MR) is 123 cm³/mol. The van der Waals surface area contributed by atoms with E-state index in [1.807, 2.05) is 29.8 Å². The van der Waals surface area contributed by atoms with Gasteiger partial charge < -0.3 is 15.4 Å². The van der Waals surface area contributed by atoms with Gasteiger partial charge in [-0.25, -0.2) is 4.98 Å². The highest BCUT2D eigenvalue weighted by Crippen LogP contribution is 2.24. The first-order chi connectivity index (χ1) is 15.0. The first-order valence-electron chi connectivity index (χ1n) is 10.00. The third-order valence-electron chi connectivity index (χ3n) is 4.67. The van der Waals surface area contributed by atoms with E-state index in [9.17, 15) is 9.59 Å². The fraction of sp³-hybridized carbons (Fsp3) is 0.261. The van der Waals surface area contributed by atoms with Crippen LogP contribution >= 0.6 is 11.8 Å². The zero-order valence-corrected chi connectivity index (χ0v) is 18.7. The van der Waals surface area contributed by atoms with Crippen LogP contribution in [0.1, 0.15) is 18.1 Å². The summed E-state index contributed by atoms with van der Waals surface area (Å²) < 4.78 is 7.34. The Balaban J connectivity index is 1.48. The van der Waals surface area contributed by atoms with Crippen molar-refractivity contribution in [3.05, 3.63) is 66.0 Å². The highest BCUT2D eigenvalue weighted by Gasteiger charge is 2.12. The molecule has 0 aliphatic rings. The first-order valence-corrected chi connectivity index (χ1v) is 11.0. The second-order valence-corrected chi connectivity index (χ2v) is 7.81. The Morgan fingerprint density at radius 3 is 2.61 bits per heavy atom. The number of nitrogens with zero attached hydrogens (tertiary/aromatic N) is 2. The maximum atomic E-state index is 12.2. The number of ether oxygens (including phenoxy) is 1. The number of aryl methyl sites for hydroxylation is 1. The van der Waals surface area contributed by atoms with Crippen LogP contribution in [0.25, 0.3) is 5.69 Å². The van der Waals surface area contributed by atoms with Gasteiger partial charge in [0, 0.05) is 18.1 Å². The van der Waals surface area contributed by atoms with E-state index in [1.165, 1.54) is 17.3 Å². The zero-order valence-electron chi connectivity index (χ0n) is 17.8. The van der Waals surface area contributed by atoms with Crippen LogP contribution in [-0.4, -0.2) is 40.3 Å². The van der Waals surface area contributed by atoms with E-state index in [2.05, 4.69) is 35.5 Å². The van der Waals surface area contributed by atoms with Crippen LogP contribution in [0.2, 0.25) is 0 Å². The second kappa shape index (κ2) is 10.7. The molecule has 8 heteroatoms. The van der Waals surface area contributed by atoms with Crippen LogP contribution in [0.5, 0.6) is 5.75 Å². The molecule has 2 aromatic carbocycles. The molecule has 0 fully saturated rings. The molecule has 2 N–H and O–H groups in total. The molecule has 3 rings (SSSR count). The van der Waals surface area contributed by atoms with Gasteiger partial charge in [-0.1, -0.05) is 23.9 Å². The summed E-state index contributed by atoms with van der Waals surface area (Å²) in [5, 5.41) is 6.11. The fourth-order valence-electron chi connectivity index (χ4n) is 2.94. The van der Waals surface area contributed by atoms with Crippen LogP contribution in [0.3, 0.4) is 0 Å². The SMILES string of the molecule is CCOc1ccc(NC(=O)CNC(=O)CSc2nccn2-c2cccc(C)c2C)cc1. The topological polar surface area (TPSA) is 85.2 Å². The summed E-state index contributed by atoms with van der Waals surface area (Å²) in [6.45, 7) is 6.52. The summed E-state index contributed by atoms with van der Waals surface area (Å²) in [5.74, 6) is 0.380. The maximum absolute atomic E-state index is 12.2. The first kappa shape index (κ1) is 22.4. The van der Waals surface area contributed by atoms with Crippen LogP contribution < -0.4 is 15.4 Å². The summed E-state index contributed by atoms with van der Waals surface area (Å²) in [6, 6.07) is 13.2. The normalized spacial score (nSPS) is 10.5. The van der Waals surface area contributed by atoms with Crippen LogP contribution in [-0.2, 0) is 9.59 Å². The molecule has 0 bridgehead atoms. The Morgan fingerprint density at radius 2 is 1.87 bits per heavy atom. The molecule has 7 nitrogen and oxygen atoms in total. The van der Waals surface area contributed by atoms with Crippen molar-refractivity contribution in [2.45, 2.75) is 25.9 Å². The van der Waals surface area contributed by atoms with Gasteiger partial charge in [-0.15, -0.1) is 0 Å². The number of carbonyl (C=O) groups is 2. The van der Waals surface area contributed by atoms with Crippen molar-refractivity contribution in [1.82, 2.24) is 14.9 Å². The van der Waals surface area contributed by atoms with Crippen molar-refractivity contribution in [1.29, 1.82) is 0 Å². The van der Waals surface area contributed by atoms with E-state index in [0.717, 1.165) is 22.2 Å². The summed E-state index contributed by atoms with van der Waals surface area (Å²) in [6.07, 6.45) is 3.60. The van der Waals surface area contributed by atoms with Gasteiger partial charge in [0.1, 0.15) is 5.75 Å². The smallest absolute Gasteiger partial charge is 0.243 e. The maximum Gasteiger partial charge on any atom is 0.243 e. The van der Waals surface area contributed by atoms with Crippen LogP contribution in [0.15, 0.2) is 60.0 Å². The van der Waals surface area contributed by atoms with Crippen LogP contribution in [0.4, 0.5) is 5.69 Å². The van der Waals surface area contributed by atoms with Gasteiger partial charge in [0.05, 0.1) is 24.6 Å². The minimum absolute atomic E-state index is 0.0992. The number of nitrogens with one attached hydrogen (secondary N) is 2. The Bertz CT molecular complexity index is 1050. The van der Waals surface area contributed by atoms with E-state index < -0.39 is 0 Å². The molecule has 0 saturated carbocycles. The number of benzene rings is 2. The van der Waals surface area contributed by atoms with Crippen molar-refractivity contribution >= 4 is 29.3 Å². The number of anilines is 1. The molecular weight excluding hydrogens is 412 g/mol. The molecular formula is C23H26N4O3S.